The molecule has 1 saturated heterocycles. The van der Waals surface area contributed by atoms with Crippen LogP contribution < -0.4 is 0 Å². The lowest BCUT2D eigenvalue weighted by Gasteiger charge is -2.54. The topological polar surface area (TPSA) is 156 Å². The minimum atomic E-state index is -2.28. The maximum absolute atomic E-state index is 15.5. The average molecular weight is 655 g/mol. The van der Waals surface area contributed by atoms with Gasteiger partial charge in [-0.15, -0.1) is 0 Å². The van der Waals surface area contributed by atoms with Crippen LogP contribution in [0.4, 0.5) is 0 Å². The fourth-order valence-corrected chi connectivity index (χ4v) is 10.1. The third kappa shape index (κ3) is 4.10. The molecular weight excluding hydrogens is 608 g/mol. The summed E-state index contributed by atoms with van der Waals surface area (Å²) in [7, 11) is 1.28. The van der Waals surface area contributed by atoms with Crippen molar-refractivity contribution < 1.29 is 52.4 Å². The summed E-state index contributed by atoms with van der Waals surface area (Å²) in [6, 6.07) is 1.73. The number of Topliss-reactive ketones (excluding diaryl/α,β-unsaturated/α-hetero) is 1. The average Bonchev–Trinajstić information content (AvgIpc) is 3.65. The quantitative estimate of drug-likeness (QED) is 0.233. The number of carbonyl (C=O) groups is 5. The summed E-state index contributed by atoms with van der Waals surface area (Å²) in [5, 5.41) is 13.3. The first-order chi connectivity index (χ1) is 22.0. The zero-order valence-electron chi connectivity index (χ0n) is 28.5. The van der Waals surface area contributed by atoms with Crippen LogP contribution in [0.2, 0.25) is 0 Å². The van der Waals surface area contributed by atoms with E-state index in [4.69, 9.17) is 23.4 Å². The summed E-state index contributed by atoms with van der Waals surface area (Å²) in [5.74, 6) is -5.63. The molecule has 4 aliphatic carbocycles. The van der Waals surface area contributed by atoms with E-state index in [0.717, 1.165) is 0 Å². The summed E-state index contributed by atoms with van der Waals surface area (Å²) < 4.78 is 29.0. The van der Waals surface area contributed by atoms with Crippen LogP contribution in [0.15, 0.2) is 34.2 Å². The van der Waals surface area contributed by atoms with Gasteiger partial charge in [0.1, 0.15) is 11.7 Å². The lowest BCUT2D eigenvalue weighted by molar-refractivity contribution is -0.218. The maximum atomic E-state index is 15.5. The van der Waals surface area contributed by atoms with Gasteiger partial charge in [0, 0.05) is 28.2 Å². The first-order valence-electron chi connectivity index (χ1n) is 16.7. The molecule has 11 nitrogen and oxygen atoms in total. The number of fused-ring (bicyclic) bond motifs is 5. The number of carbonyl (C=O) groups excluding carboxylic acids is 5. The molecule has 0 spiro atoms. The second-order valence-corrected chi connectivity index (χ2v) is 15.4. The number of esters is 4. The number of rotatable bonds is 8. The SMILES string of the molecule is CCC(C)C(=O)OC1C(=O)C2(OC(=O)C(C)C)C3=C4CC(=O)OC(c5ccoc5)C4(C)CCC3C3(C)C(CC(=O)OC)C1(C)CC23O. The molecule has 0 radical (unpaired) electrons. The summed E-state index contributed by atoms with van der Waals surface area (Å²) >= 11 is 0. The normalized spacial score (nSPS) is 40.8. The van der Waals surface area contributed by atoms with Crippen molar-refractivity contribution in [2.75, 3.05) is 7.11 Å². The van der Waals surface area contributed by atoms with Crippen LogP contribution in [0.3, 0.4) is 0 Å². The largest absolute Gasteiger partial charge is 0.472 e. The first kappa shape index (κ1) is 33.4. The molecular formula is C36H46O11. The van der Waals surface area contributed by atoms with Crippen molar-refractivity contribution in [2.24, 2.45) is 39.9 Å². The Kier molecular flexibility index (Phi) is 7.66. The molecule has 2 bridgehead atoms. The van der Waals surface area contributed by atoms with Crippen molar-refractivity contribution in [3.05, 3.63) is 35.3 Å². The predicted octanol–water partition coefficient (Wildman–Crippen LogP) is 4.80. The Morgan fingerprint density at radius 3 is 2.40 bits per heavy atom. The van der Waals surface area contributed by atoms with Crippen molar-refractivity contribution in [2.45, 2.75) is 110 Å². The Labute approximate surface area is 274 Å². The molecule has 47 heavy (non-hydrogen) atoms. The molecule has 256 valence electrons. The molecule has 10 atom stereocenters. The van der Waals surface area contributed by atoms with Crippen LogP contribution in [0.1, 0.15) is 98.7 Å². The van der Waals surface area contributed by atoms with Gasteiger partial charge in [0.25, 0.3) is 0 Å². The van der Waals surface area contributed by atoms with Crippen LogP contribution in [0.5, 0.6) is 0 Å². The van der Waals surface area contributed by atoms with Gasteiger partial charge in [0.05, 0.1) is 37.9 Å². The molecule has 0 aromatic carbocycles. The molecule has 1 aromatic rings. The Balaban J connectivity index is 1.69. The maximum Gasteiger partial charge on any atom is 0.310 e. The molecule has 0 amide bonds. The van der Waals surface area contributed by atoms with Crippen molar-refractivity contribution in [1.29, 1.82) is 0 Å². The third-order valence-electron chi connectivity index (χ3n) is 12.8. The number of furan rings is 1. The van der Waals surface area contributed by atoms with E-state index in [9.17, 15) is 24.3 Å². The summed E-state index contributed by atoms with van der Waals surface area (Å²) in [6.45, 7) is 12.4. The van der Waals surface area contributed by atoms with E-state index in [2.05, 4.69) is 0 Å². The van der Waals surface area contributed by atoms with Gasteiger partial charge < -0.3 is 28.5 Å². The second-order valence-electron chi connectivity index (χ2n) is 15.4. The third-order valence-corrected chi connectivity index (χ3v) is 12.8. The van der Waals surface area contributed by atoms with Gasteiger partial charge in [-0.2, -0.15) is 0 Å². The molecule has 11 heteroatoms. The van der Waals surface area contributed by atoms with Gasteiger partial charge in [-0.05, 0) is 54.7 Å². The molecule has 4 fully saturated rings. The van der Waals surface area contributed by atoms with Crippen molar-refractivity contribution in [3.63, 3.8) is 0 Å². The van der Waals surface area contributed by atoms with Crippen molar-refractivity contribution in [1.82, 2.24) is 0 Å². The molecule has 3 saturated carbocycles. The van der Waals surface area contributed by atoms with Gasteiger partial charge in [-0.1, -0.05) is 48.5 Å². The van der Waals surface area contributed by atoms with Crippen molar-refractivity contribution >= 4 is 29.7 Å². The molecule has 1 aliphatic heterocycles. The highest BCUT2D eigenvalue weighted by Crippen LogP contribution is 2.81. The number of hydrogen-bond donors (Lipinski definition) is 1. The van der Waals surface area contributed by atoms with Crippen LogP contribution in [-0.2, 0) is 42.9 Å². The summed E-state index contributed by atoms with van der Waals surface area (Å²) in [6.07, 6.45) is 1.77. The zero-order valence-corrected chi connectivity index (χ0v) is 28.5. The summed E-state index contributed by atoms with van der Waals surface area (Å²) in [4.78, 5) is 69.2. The molecule has 10 unspecified atom stereocenters. The number of cyclic esters (lactones) is 1. The van der Waals surface area contributed by atoms with E-state index in [1.54, 1.807) is 33.8 Å². The van der Waals surface area contributed by atoms with E-state index in [0.29, 0.717) is 36.0 Å². The Morgan fingerprint density at radius 2 is 1.81 bits per heavy atom. The summed E-state index contributed by atoms with van der Waals surface area (Å²) in [5.41, 5.74) is -5.98. The van der Waals surface area contributed by atoms with Gasteiger partial charge in [0.15, 0.2) is 6.10 Å². The van der Waals surface area contributed by atoms with Crippen LogP contribution in [0, 0.1) is 39.9 Å². The van der Waals surface area contributed by atoms with Crippen LogP contribution in [-0.4, -0.2) is 59.2 Å². The number of ether oxygens (including phenoxy) is 4. The molecule has 1 N–H and O–H groups in total. The minimum Gasteiger partial charge on any atom is -0.472 e. The van der Waals surface area contributed by atoms with Gasteiger partial charge in [-0.25, -0.2) is 0 Å². The van der Waals surface area contributed by atoms with E-state index in [-0.39, 0.29) is 19.3 Å². The van der Waals surface area contributed by atoms with Gasteiger partial charge in [0.2, 0.25) is 11.4 Å². The van der Waals surface area contributed by atoms with Gasteiger partial charge in [-0.3, -0.25) is 24.0 Å². The van der Waals surface area contributed by atoms with E-state index < -0.39 is 93.0 Å². The Hall–Kier alpha value is -3.47. The molecule has 6 rings (SSSR count). The Morgan fingerprint density at radius 1 is 1.11 bits per heavy atom. The highest BCUT2D eigenvalue weighted by Gasteiger charge is 2.90. The van der Waals surface area contributed by atoms with E-state index in [1.165, 1.54) is 19.6 Å². The number of hydrogen-bond acceptors (Lipinski definition) is 11. The lowest BCUT2D eigenvalue weighted by Crippen LogP contribution is -2.70. The predicted molar refractivity (Wildman–Crippen MR) is 164 cm³/mol. The lowest BCUT2D eigenvalue weighted by atomic mass is 9.53. The minimum absolute atomic E-state index is 0.0900. The van der Waals surface area contributed by atoms with Crippen LogP contribution in [0.25, 0.3) is 0 Å². The zero-order chi connectivity index (χ0) is 34.5. The fourth-order valence-electron chi connectivity index (χ4n) is 10.1. The smallest absolute Gasteiger partial charge is 0.310 e. The van der Waals surface area contributed by atoms with E-state index in [1.807, 2.05) is 20.8 Å². The van der Waals surface area contributed by atoms with Crippen LogP contribution >= 0.6 is 0 Å². The standard InChI is InChI=1S/C36H46O11/c1-9-19(4)31(41)46-29-27(39)36(47-30(40)18(2)3)26-21(34(7)23(15-24(37)43-8)33(29,6)17-35(34,36)42)10-12-32(5)22(26)14-25(38)45-28(32)20-11-13-44-16-20/h11,13,16,18-19,21,23,28-29,42H,9-10,12,14-15,17H2,1-8H3. The number of aliphatic hydroxyl groups is 1. The Bertz CT molecular complexity index is 1560. The molecule has 1 aromatic heterocycles. The number of ketones is 1. The van der Waals surface area contributed by atoms with Crippen molar-refractivity contribution in [3.8, 4) is 0 Å². The highest BCUT2D eigenvalue weighted by molar-refractivity contribution is 6.03. The monoisotopic (exact) mass is 654 g/mol. The fraction of sp³-hybridized carbons (Fsp3) is 0.694. The first-order valence-corrected chi connectivity index (χ1v) is 16.7. The molecule has 2 heterocycles. The highest BCUT2D eigenvalue weighted by atomic mass is 16.6. The van der Waals surface area contributed by atoms with E-state index >= 15 is 4.79 Å². The second kappa shape index (κ2) is 10.8. The number of methoxy groups -OCH3 is 1. The van der Waals surface area contributed by atoms with Gasteiger partial charge >= 0.3 is 23.9 Å². The molecule has 5 aliphatic rings.